The molecule has 0 aromatic rings. The van der Waals surface area contributed by atoms with E-state index in [9.17, 15) is 14.7 Å². The lowest BCUT2D eigenvalue weighted by Gasteiger charge is -2.37. The van der Waals surface area contributed by atoms with Crippen molar-refractivity contribution in [3.8, 4) is 0 Å². The number of hydrogen-bond donors (Lipinski definition) is 1. The summed E-state index contributed by atoms with van der Waals surface area (Å²) in [4.78, 5) is 24.6. The number of aliphatic hydroxyl groups excluding tert-OH is 1. The minimum Gasteiger partial charge on any atom is -0.393 e. The molecule has 0 aromatic heterocycles. The molecule has 0 aromatic carbocycles. The van der Waals surface area contributed by atoms with Crippen molar-refractivity contribution in [1.82, 2.24) is 0 Å². The molecule has 0 bridgehead atoms. The van der Waals surface area contributed by atoms with Gasteiger partial charge >= 0.3 is 0 Å². The van der Waals surface area contributed by atoms with Crippen molar-refractivity contribution in [3.05, 3.63) is 59.8 Å². The van der Waals surface area contributed by atoms with Gasteiger partial charge in [-0.15, -0.1) is 0 Å². The van der Waals surface area contributed by atoms with Crippen LogP contribution in [0.4, 0.5) is 0 Å². The number of allylic oxidation sites excluding steroid dienone is 10. The van der Waals surface area contributed by atoms with Gasteiger partial charge in [0.1, 0.15) is 5.78 Å². The van der Waals surface area contributed by atoms with Crippen molar-refractivity contribution < 1.29 is 14.7 Å². The van der Waals surface area contributed by atoms with Gasteiger partial charge in [-0.05, 0) is 59.5 Å². The van der Waals surface area contributed by atoms with Crippen molar-refractivity contribution in [1.29, 1.82) is 0 Å². The van der Waals surface area contributed by atoms with Gasteiger partial charge in [0.25, 0.3) is 0 Å². The van der Waals surface area contributed by atoms with Crippen LogP contribution in [0.2, 0.25) is 0 Å². The zero-order chi connectivity index (χ0) is 24.1. The molecule has 0 amide bonds. The molecule has 4 rings (SSSR count). The van der Waals surface area contributed by atoms with Gasteiger partial charge in [0.15, 0.2) is 5.78 Å². The Morgan fingerprint density at radius 2 is 1.39 bits per heavy atom. The van der Waals surface area contributed by atoms with E-state index in [2.05, 4.69) is 37.3 Å². The van der Waals surface area contributed by atoms with Gasteiger partial charge in [0.05, 0.1) is 12.0 Å². The lowest BCUT2D eigenvalue weighted by molar-refractivity contribution is -0.126. The standard InChI is InChI=1S/C15H22O2.C15H20O/c1-11-6-5-9-15(7-3-4-8-15)14(11)13(17)10-12(2)16;1-3-7-13(16)14-12(2)8-6-11-15(14)9-4-5-10-15/h5-6,9,12,14,16H,3-4,7-8,10H2,1-2H3;3,6-8,11,14H,4-5,9-10H2,1-2H3/b;7-3+. The average Bonchev–Trinajstić information content (AvgIpc) is 3.39. The van der Waals surface area contributed by atoms with Crippen LogP contribution in [0, 0.1) is 22.7 Å². The number of Topliss-reactive ketones (excluding diaryl/α,β-unsaturated/α-hetero) is 1. The first-order valence-electron chi connectivity index (χ1n) is 12.8. The highest BCUT2D eigenvalue weighted by atomic mass is 16.3. The van der Waals surface area contributed by atoms with Crippen LogP contribution in [0.1, 0.15) is 85.5 Å². The summed E-state index contributed by atoms with van der Waals surface area (Å²) in [7, 11) is 0. The van der Waals surface area contributed by atoms with Gasteiger partial charge < -0.3 is 5.11 Å². The molecular formula is C30H42O3. The Labute approximate surface area is 200 Å². The second kappa shape index (κ2) is 11.0. The van der Waals surface area contributed by atoms with E-state index in [0.717, 1.165) is 12.8 Å². The van der Waals surface area contributed by atoms with Crippen LogP contribution in [0.15, 0.2) is 59.8 Å². The van der Waals surface area contributed by atoms with E-state index in [1.807, 2.05) is 26.0 Å². The van der Waals surface area contributed by atoms with Crippen molar-refractivity contribution >= 4 is 11.6 Å². The van der Waals surface area contributed by atoms with E-state index in [-0.39, 0.29) is 40.7 Å². The second-order valence-electron chi connectivity index (χ2n) is 10.7. The molecule has 1 N–H and O–H groups in total. The number of aliphatic hydroxyl groups is 1. The van der Waals surface area contributed by atoms with E-state index >= 15 is 0 Å². The summed E-state index contributed by atoms with van der Waals surface area (Å²) in [5.74, 6) is 0.586. The van der Waals surface area contributed by atoms with E-state index in [1.165, 1.54) is 49.7 Å². The van der Waals surface area contributed by atoms with Crippen molar-refractivity contribution in [2.75, 3.05) is 0 Å². The molecular weight excluding hydrogens is 408 g/mol. The summed E-state index contributed by atoms with van der Waals surface area (Å²) < 4.78 is 0. The van der Waals surface area contributed by atoms with Crippen LogP contribution in [0.5, 0.6) is 0 Å². The second-order valence-corrected chi connectivity index (χ2v) is 10.7. The molecule has 3 atom stereocenters. The van der Waals surface area contributed by atoms with Crippen molar-refractivity contribution in [2.45, 2.75) is 91.6 Å². The van der Waals surface area contributed by atoms with E-state index in [1.54, 1.807) is 13.0 Å². The van der Waals surface area contributed by atoms with E-state index in [4.69, 9.17) is 0 Å². The SMILES string of the molecule is C/C=C/C(=O)C1C(C)=CC=CC12CCCC2.CC1=CC=CC2(CCCC2)C1C(=O)CC(C)O. The number of rotatable bonds is 5. The van der Waals surface area contributed by atoms with Crippen LogP contribution >= 0.6 is 0 Å². The first-order valence-corrected chi connectivity index (χ1v) is 12.8. The normalized spacial score (nSPS) is 27.9. The van der Waals surface area contributed by atoms with Crippen LogP contribution in [-0.2, 0) is 9.59 Å². The minimum atomic E-state index is -0.528. The number of carbonyl (C=O) groups is 2. The third-order valence-corrected chi connectivity index (χ3v) is 8.14. The summed E-state index contributed by atoms with van der Waals surface area (Å²) in [6.07, 6.45) is 25.8. The fraction of sp³-hybridized carbons (Fsp3) is 0.600. The fourth-order valence-corrected chi connectivity index (χ4v) is 6.80. The average molecular weight is 451 g/mol. The molecule has 3 heteroatoms. The topological polar surface area (TPSA) is 54.4 Å². The lowest BCUT2D eigenvalue weighted by atomic mass is 9.66. The third-order valence-electron chi connectivity index (χ3n) is 8.14. The van der Waals surface area contributed by atoms with Crippen LogP contribution in [-0.4, -0.2) is 22.8 Å². The molecule has 0 heterocycles. The Hall–Kier alpha value is -2.00. The number of hydrogen-bond acceptors (Lipinski definition) is 3. The highest BCUT2D eigenvalue weighted by molar-refractivity contribution is 5.94. The molecule has 2 spiro atoms. The zero-order valence-electron chi connectivity index (χ0n) is 21.0. The Balaban J connectivity index is 0.000000186. The fourth-order valence-electron chi connectivity index (χ4n) is 6.80. The van der Waals surface area contributed by atoms with Crippen molar-refractivity contribution in [2.24, 2.45) is 22.7 Å². The van der Waals surface area contributed by atoms with Crippen LogP contribution in [0.3, 0.4) is 0 Å². The Bertz CT molecular complexity index is 868. The first-order chi connectivity index (χ1) is 15.7. The van der Waals surface area contributed by atoms with Crippen molar-refractivity contribution in [3.63, 3.8) is 0 Å². The lowest BCUT2D eigenvalue weighted by Crippen LogP contribution is -2.35. The Morgan fingerprint density at radius 1 is 0.939 bits per heavy atom. The maximum Gasteiger partial charge on any atom is 0.163 e. The zero-order valence-corrected chi connectivity index (χ0v) is 21.0. The third kappa shape index (κ3) is 5.57. The molecule has 0 radical (unpaired) electrons. The van der Waals surface area contributed by atoms with Gasteiger partial charge in [-0.25, -0.2) is 0 Å². The molecule has 2 saturated carbocycles. The van der Waals surface area contributed by atoms with Gasteiger partial charge in [-0.1, -0.05) is 79.4 Å². The van der Waals surface area contributed by atoms with Gasteiger partial charge in [-0.3, -0.25) is 9.59 Å². The molecule has 3 unspecified atom stereocenters. The summed E-state index contributed by atoms with van der Waals surface area (Å²) in [6, 6.07) is 0. The maximum absolute atomic E-state index is 12.3. The molecule has 4 aliphatic rings. The summed E-state index contributed by atoms with van der Waals surface area (Å²) in [6.45, 7) is 7.75. The largest absolute Gasteiger partial charge is 0.393 e. The summed E-state index contributed by atoms with van der Waals surface area (Å²) >= 11 is 0. The molecule has 0 saturated heterocycles. The molecule has 33 heavy (non-hydrogen) atoms. The number of ketones is 2. The predicted octanol–water partition coefficient (Wildman–Crippen LogP) is 6.84. The van der Waals surface area contributed by atoms with Crippen LogP contribution < -0.4 is 0 Å². The molecule has 0 aliphatic heterocycles. The predicted molar refractivity (Wildman–Crippen MR) is 136 cm³/mol. The quantitative estimate of drug-likeness (QED) is 0.466. The molecule has 2 fully saturated rings. The van der Waals surface area contributed by atoms with E-state index in [0.29, 0.717) is 0 Å². The van der Waals surface area contributed by atoms with Crippen LogP contribution in [0.25, 0.3) is 0 Å². The number of carbonyl (C=O) groups excluding carboxylic acids is 2. The molecule has 4 aliphatic carbocycles. The smallest absolute Gasteiger partial charge is 0.163 e. The van der Waals surface area contributed by atoms with Gasteiger partial charge in [0.2, 0.25) is 0 Å². The minimum absolute atomic E-state index is 0.00426. The Kier molecular flexibility index (Phi) is 8.50. The molecule has 180 valence electrons. The first kappa shape index (κ1) is 25.6. The van der Waals surface area contributed by atoms with E-state index < -0.39 is 6.10 Å². The summed E-state index contributed by atoms with van der Waals surface area (Å²) in [5, 5.41) is 9.41. The Morgan fingerprint density at radius 3 is 1.85 bits per heavy atom. The molecule has 3 nitrogen and oxygen atoms in total. The maximum atomic E-state index is 12.3. The highest BCUT2D eigenvalue weighted by Crippen LogP contribution is 2.51. The van der Waals surface area contributed by atoms with Gasteiger partial charge in [-0.2, -0.15) is 0 Å². The summed E-state index contributed by atoms with van der Waals surface area (Å²) in [5.41, 5.74) is 2.59. The monoisotopic (exact) mass is 450 g/mol. The van der Waals surface area contributed by atoms with Gasteiger partial charge in [0, 0.05) is 23.2 Å². The highest BCUT2D eigenvalue weighted by Gasteiger charge is 2.45.